The van der Waals surface area contributed by atoms with Gasteiger partial charge in [0.25, 0.3) is 0 Å². The lowest BCUT2D eigenvalue weighted by Gasteiger charge is -2.00. The average molecular weight is 265 g/mol. The molecule has 0 fully saturated rings. The maximum Gasteiger partial charge on any atom is 0.151 e. The molecule has 0 aliphatic heterocycles. The lowest BCUT2D eigenvalue weighted by molar-refractivity contribution is 0.112. The SMILES string of the molecule is Cn1cc(-c2ccc(C=O)c(Br)c2)cn1. The Morgan fingerprint density at radius 2 is 2.20 bits per heavy atom. The van der Waals surface area contributed by atoms with Gasteiger partial charge in [0, 0.05) is 28.8 Å². The largest absolute Gasteiger partial charge is 0.298 e. The summed E-state index contributed by atoms with van der Waals surface area (Å²) >= 11 is 3.35. The third kappa shape index (κ3) is 1.99. The summed E-state index contributed by atoms with van der Waals surface area (Å²) in [6.07, 6.45) is 4.56. The van der Waals surface area contributed by atoms with Gasteiger partial charge in [0.1, 0.15) is 0 Å². The van der Waals surface area contributed by atoms with Crippen molar-refractivity contribution in [3.05, 3.63) is 40.6 Å². The number of aromatic nitrogens is 2. The molecular weight excluding hydrogens is 256 g/mol. The highest BCUT2D eigenvalue weighted by Crippen LogP contribution is 2.24. The zero-order valence-corrected chi connectivity index (χ0v) is 9.73. The van der Waals surface area contributed by atoms with Crippen LogP contribution in [0.15, 0.2) is 35.1 Å². The van der Waals surface area contributed by atoms with E-state index >= 15 is 0 Å². The minimum atomic E-state index is 0.655. The van der Waals surface area contributed by atoms with Crippen molar-refractivity contribution in [2.45, 2.75) is 0 Å². The maximum atomic E-state index is 10.6. The van der Waals surface area contributed by atoms with Crippen LogP contribution >= 0.6 is 15.9 Å². The van der Waals surface area contributed by atoms with E-state index in [2.05, 4.69) is 21.0 Å². The molecule has 15 heavy (non-hydrogen) atoms. The Morgan fingerprint density at radius 3 is 2.73 bits per heavy atom. The third-order valence-electron chi connectivity index (χ3n) is 2.17. The monoisotopic (exact) mass is 264 g/mol. The topological polar surface area (TPSA) is 34.9 Å². The zero-order chi connectivity index (χ0) is 10.8. The van der Waals surface area contributed by atoms with Gasteiger partial charge in [-0.05, 0) is 17.7 Å². The first-order valence-corrected chi connectivity index (χ1v) is 5.24. The number of hydrogen-bond donors (Lipinski definition) is 0. The van der Waals surface area contributed by atoms with E-state index in [0.717, 1.165) is 21.9 Å². The molecule has 0 unspecified atom stereocenters. The first-order valence-electron chi connectivity index (χ1n) is 4.44. The van der Waals surface area contributed by atoms with Crippen LogP contribution in [0.5, 0.6) is 0 Å². The Morgan fingerprint density at radius 1 is 1.40 bits per heavy atom. The molecule has 0 radical (unpaired) electrons. The van der Waals surface area contributed by atoms with Gasteiger partial charge in [-0.25, -0.2) is 0 Å². The van der Waals surface area contributed by atoms with Crippen LogP contribution < -0.4 is 0 Å². The van der Waals surface area contributed by atoms with E-state index in [0.29, 0.717) is 5.56 Å². The lowest BCUT2D eigenvalue weighted by Crippen LogP contribution is -1.85. The van der Waals surface area contributed by atoms with Gasteiger partial charge in [-0.3, -0.25) is 9.48 Å². The maximum absolute atomic E-state index is 10.6. The first kappa shape index (κ1) is 10.1. The molecule has 0 bridgehead atoms. The molecule has 0 saturated heterocycles. The fraction of sp³-hybridized carbons (Fsp3) is 0.0909. The molecule has 0 spiro atoms. The number of carbonyl (C=O) groups is 1. The van der Waals surface area contributed by atoms with E-state index in [9.17, 15) is 4.79 Å². The first-order chi connectivity index (χ1) is 7.20. The number of aryl methyl sites for hydroxylation is 1. The summed E-state index contributed by atoms with van der Waals surface area (Å²) in [7, 11) is 1.87. The van der Waals surface area contributed by atoms with E-state index < -0.39 is 0 Å². The molecule has 0 atom stereocenters. The second-order valence-electron chi connectivity index (χ2n) is 3.26. The molecule has 4 heteroatoms. The van der Waals surface area contributed by atoms with Crippen molar-refractivity contribution in [3.8, 4) is 11.1 Å². The van der Waals surface area contributed by atoms with E-state index in [4.69, 9.17) is 0 Å². The molecule has 0 N–H and O–H groups in total. The van der Waals surface area contributed by atoms with Crippen molar-refractivity contribution in [1.82, 2.24) is 9.78 Å². The molecule has 1 aromatic carbocycles. The minimum absolute atomic E-state index is 0.655. The Labute approximate surface area is 95.9 Å². The fourth-order valence-electron chi connectivity index (χ4n) is 1.37. The number of carbonyl (C=O) groups excluding carboxylic acids is 1. The third-order valence-corrected chi connectivity index (χ3v) is 2.85. The molecule has 0 aliphatic carbocycles. The number of hydrogen-bond acceptors (Lipinski definition) is 2. The number of nitrogens with zero attached hydrogens (tertiary/aromatic N) is 2. The summed E-state index contributed by atoms with van der Waals surface area (Å²) in [4.78, 5) is 10.6. The molecule has 1 heterocycles. The fourth-order valence-corrected chi connectivity index (χ4v) is 1.84. The van der Waals surface area contributed by atoms with Crippen LogP contribution in [0.4, 0.5) is 0 Å². The average Bonchev–Trinajstić information content (AvgIpc) is 2.65. The Kier molecular flexibility index (Phi) is 2.68. The molecular formula is C11H9BrN2O. The quantitative estimate of drug-likeness (QED) is 0.782. The molecule has 0 saturated carbocycles. The predicted octanol–water partition coefficient (Wildman–Crippen LogP) is 2.66. The summed E-state index contributed by atoms with van der Waals surface area (Å²) in [5.41, 5.74) is 2.74. The van der Waals surface area contributed by atoms with Crippen LogP contribution in [0.25, 0.3) is 11.1 Å². The van der Waals surface area contributed by atoms with Crippen LogP contribution in [-0.2, 0) is 7.05 Å². The van der Waals surface area contributed by atoms with E-state index in [1.54, 1.807) is 16.9 Å². The van der Waals surface area contributed by atoms with E-state index in [1.165, 1.54) is 0 Å². The lowest BCUT2D eigenvalue weighted by atomic mass is 10.1. The van der Waals surface area contributed by atoms with Crippen molar-refractivity contribution >= 4 is 22.2 Å². The number of benzene rings is 1. The van der Waals surface area contributed by atoms with E-state index in [1.807, 2.05) is 25.4 Å². The molecule has 0 amide bonds. The van der Waals surface area contributed by atoms with Crippen molar-refractivity contribution in [3.63, 3.8) is 0 Å². The molecule has 1 aromatic heterocycles. The zero-order valence-electron chi connectivity index (χ0n) is 8.14. The number of halogens is 1. The smallest absolute Gasteiger partial charge is 0.151 e. The van der Waals surface area contributed by atoms with Crippen molar-refractivity contribution in [1.29, 1.82) is 0 Å². The standard InChI is InChI=1S/C11H9BrN2O/c1-14-6-10(5-13-14)8-2-3-9(7-15)11(12)4-8/h2-7H,1H3. The normalized spacial score (nSPS) is 10.3. The number of rotatable bonds is 2. The summed E-state index contributed by atoms with van der Waals surface area (Å²) < 4.78 is 2.55. The second-order valence-corrected chi connectivity index (χ2v) is 4.11. The predicted molar refractivity (Wildman–Crippen MR) is 61.7 cm³/mol. The Hall–Kier alpha value is -1.42. The van der Waals surface area contributed by atoms with Gasteiger partial charge in [-0.15, -0.1) is 0 Å². The molecule has 2 aromatic rings. The Balaban J connectivity index is 2.46. The van der Waals surface area contributed by atoms with Gasteiger partial charge < -0.3 is 0 Å². The van der Waals surface area contributed by atoms with Gasteiger partial charge in [0.15, 0.2) is 6.29 Å². The van der Waals surface area contributed by atoms with Crippen LogP contribution in [0.1, 0.15) is 10.4 Å². The Bertz CT molecular complexity index is 505. The van der Waals surface area contributed by atoms with Gasteiger partial charge >= 0.3 is 0 Å². The van der Waals surface area contributed by atoms with Crippen molar-refractivity contribution in [2.75, 3.05) is 0 Å². The molecule has 3 nitrogen and oxygen atoms in total. The highest BCUT2D eigenvalue weighted by atomic mass is 79.9. The van der Waals surface area contributed by atoms with E-state index in [-0.39, 0.29) is 0 Å². The molecule has 76 valence electrons. The van der Waals surface area contributed by atoms with Crippen molar-refractivity contribution in [2.24, 2.45) is 7.05 Å². The van der Waals surface area contributed by atoms with Crippen LogP contribution in [0.2, 0.25) is 0 Å². The minimum Gasteiger partial charge on any atom is -0.298 e. The van der Waals surface area contributed by atoms with Crippen molar-refractivity contribution < 1.29 is 4.79 Å². The molecule has 0 aliphatic rings. The van der Waals surface area contributed by atoms with Crippen LogP contribution in [0.3, 0.4) is 0 Å². The summed E-state index contributed by atoms with van der Waals surface area (Å²) in [5.74, 6) is 0. The van der Waals surface area contributed by atoms with Crippen LogP contribution in [-0.4, -0.2) is 16.1 Å². The highest BCUT2D eigenvalue weighted by Gasteiger charge is 2.03. The molecule has 2 rings (SSSR count). The van der Waals surface area contributed by atoms with Gasteiger partial charge in [0.05, 0.1) is 6.20 Å². The summed E-state index contributed by atoms with van der Waals surface area (Å²) in [5, 5.41) is 4.10. The summed E-state index contributed by atoms with van der Waals surface area (Å²) in [6.45, 7) is 0. The second kappa shape index (κ2) is 3.98. The van der Waals surface area contributed by atoms with Gasteiger partial charge in [0.2, 0.25) is 0 Å². The number of aldehydes is 1. The van der Waals surface area contributed by atoms with Gasteiger partial charge in [-0.1, -0.05) is 22.0 Å². The van der Waals surface area contributed by atoms with Gasteiger partial charge in [-0.2, -0.15) is 5.10 Å². The summed E-state index contributed by atoms with van der Waals surface area (Å²) in [6, 6.07) is 5.62. The highest BCUT2D eigenvalue weighted by molar-refractivity contribution is 9.10. The van der Waals surface area contributed by atoms with Crippen LogP contribution in [0, 0.1) is 0 Å².